The van der Waals surface area contributed by atoms with Crippen molar-refractivity contribution >= 4 is 29.1 Å². The fourth-order valence-electron chi connectivity index (χ4n) is 2.88. The van der Waals surface area contributed by atoms with E-state index in [-0.39, 0.29) is 18.4 Å². The first-order valence-corrected chi connectivity index (χ1v) is 9.75. The molecular formula is C21H23ClN2O5. The minimum atomic E-state index is -0.781. The molecule has 0 radical (unpaired) electrons. The number of fused-ring (bicyclic) bond motifs is 1. The van der Waals surface area contributed by atoms with Crippen molar-refractivity contribution in [3.05, 3.63) is 47.5 Å². The summed E-state index contributed by atoms with van der Waals surface area (Å²) in [5.74, 6) is 1.03. The van der Waals surface area contributed by atoms with Crippen molar-refractivity contribution in [1.29, 1.82) is 0 Å². The minimum Gasteiger partial charge on any atom is -0.486 e. The van der Waals surface area contributed by atoms with Crippen molar-refractivity contribution < 1.29 is 23.8 Å². The molecule has 0 aromatic heterocycles. The van der Waals surface area contributed by atoms with Crippen LogP contribution in [-0.2, 0) is 9.59 Å². The van der Waals surface area contributed by atoms with E-state index in [9.17, 15) is 9.59 Å². The van der Waals surface area contributed by atoms with E-state index in [1.54, 1.807) is 56.3 Å². The number of ether oxygens (including phenoxy) is 3. The summed E-state index contributed by atoms with van der Waals surface area (Å²) in [5.41, 5.74) is 0.572. The lowest BCUT2D eigenvalue weighted by Crippen LogP contribution is -2.44. The number of hydrogen-bond donors (Lipinski definition) is 1. The maximum absolute atomic E-state index is 12.7. The summed E-state index contributed by atoms with van der Waals surface area (Å²) in [6.07, 6.45) is -0.781. The van der Waals surface area contributed by atoms with Crippen LogP contribution in [0.15, 0.2) is 42.5 Å². The third-order valence-electron chi connectivity index (χ3n) is 4.34. The van der Waals surface area contributed by atoms with Crippen LogP contribution in [-0.4, -0.2) is 49.1 Å². The molecule has 7 nitrogen and oxygen atoms in total. The molecule has 0 aliphatic carbocycles. The number of carbonyl (C=O) groups excluding carboxylic acids is 2. The molecule has 0 bridgehead atoms. The maximum atomic E-state index is 12.7. The lowest BCUT2D eigenvalue weighted by Gasteiger charge is -2.25. The van der Waals surface area contributed by atoms with E-state index in [0.717, 1.165) is 0 Å². The fourth-order valence-corrected chi connectivity index (χ4v) is 3.06. The Morgan fingerprint density at radius 1 is 1.17 bits per heavy atom. The van der Waals surface area contributed by atoms with Crippen molar-refractivity contribution in [2.24, 2.45) is 0 Å². The number of para-hydroxylation sites is 1. The number of carbonyl (C=O) groups is 2. The van der Waals surface area contributed by atoms with Crippen molar-refractivity contribution in [2.75, 3.05) is 31.6 Å². The van der Waals surface area contributed by atoms with Crippen molar-refractivity contribution in [3.8, 4) is 17.2 Å². The van der Waals surface area contributed by atoms with Crippen LogP contribution in [0.5, 0.6) is 17.2 Å². The minimum absolute atomic E-state index is 0.0972. The summed E-state index contributed by atoms with van der Waals surface area (Å²) < 4.78 is 16.6. The average molecular weight is 419 g/mol. The van der Waals surface area contributed by atoms with Gasteiger partial charge in [-0.3, -0.25) is 9.59 Å². The molecule has 1 N–H and O–H groups in total. The number of anilines is 1. The SMILES string of the molecule is CCN(CC(=O)Nc1ccc2c(c1)OCCO2)C(=O)[C@H](C)Oc1ccccc1Cl. The first kappa shape index (κ1) is 20.8. The normalized spacial score (nSPS) is 13.3. The molecule has 1 heterocycles. The smallest absolute Gasteiger partial charge is 0.263 e. The largest absolute Gasteiger partial charge is 0.486 e. The number of nitrogens with zero attached hydrogens (tertiary/aromatic N) is 1. The van der Waals surface area contributed by atoms with Gasteiger partial charge in [0.15, 0.2) is 17.6 Å². The molecular weight excluding hydrogens is 396 g/mol. The summed E-state index contributed by atoms with van der Waals surface area (Å²) >= 11 is 6.08. The first-order chi connectivity index (χ1) is 14.0. The standard InChI is InChI=1S/C21H23ClN2O5/c1-3-24(21(26)14(2)29-17-7-5-4-6-16(17)22)13-20(25)23-15-8-9-18-19(12-15)28-11-10-27-18/h4-9,12,14H,3,10-11,13H2,1-2H3,(H,23,25)/t14-/m0/s1. The van der Waals surface area contributed by atoms with Crippen LogP contribution in [0.4, 0.5) is 5.69 Å². The van der Waals surface area contributed by atoms with Crippen LogP contribution < -0.4 is 19.5 Å². The molecule has 29 heavy (non-hydrogen) atoms. The topological polar surface area (TPSA) is 77.1 Å². The summed E-state index contributed by atoms with van der Waals surface area (Å²) in [5, 5.41) is 3.20. The lowest BCUT2D eigenvalue weighted by molar-refractivity contribution is -0.140. The zero-order valence-electron chi connectivity index (χ0n) is 16.3. The number of rotatable bonds is 7. The van der Waals surface area contributed by atoms with Gasteiger partial charge in [0, 0.05) is 18.3 Å². The van der Waals surface area contributed by atoms with E-state index < -0.39 is 6.10 Å². The molecule has 0 unspecified atom stereocenters. The molecule has 2 aromatic carbocycles. The van der Waals surface area contributed by atoms with E-state index in [0.29, 0.717) is 47.7 Å². The van der Waals surface area contributed by atoms with Gasteiger partial charge in [-0.25, -0.2) is 0 Å². The lowest BCUT2D eigenvalue weighted by atomic mass is 10.2. The van der Waals surface area contributed by atoms with Gasteiger partial charge in [-0.15, -0.1) is 0 Å². The second-order valence-electron chi connectivity index (χ2n) is 6.45. The second-order valence-corrected chi connectivity index (χ2v) is 6.86. The second kappa shape index (κ2) is 9.52. The summed E-state index contributed by atoms with van der Waals surface area (Å²) in [4.78, 5) is 26.6. The van der Waals surface area contributed by atoms with E-state index >= 15 is 0 Å². The van der Waals surface area contributed by atoms with Crippen molar-refractivity contribution in [1.82, 2.24) is 4.90 Å². The highest BCUT2D eigenvalue weighted by Gasteiger charge is 2.24. The molecule has 2 aromatic rings. The number of halogens is 1. The molecule has 0 saturated carbocycles. The highest BCUT2D eigenvalue weighted by atomic mass is 35.5. The number of hydrogen-bond acceptors (Lipinski definition) is 5. The molecule has 1 aliphatic rings. The Morgan fingerprint density at radius 2 is 1.90 bits per heavy atom. The monoisotopic (exact) mass is 418 g/mol. The van der Waals surface area contributed by atoms with Gasteiger partial charge < -0.3 is 24.4 Å². The zero-order chi connectivity index (χ0) is 20.8. The number of benzene rings is 2. The van der Waals surface area contributed by atoms with Gasteiger partial charge in [-0.1, -0.05) is 23.7 Å². The molecule has 3 rings (SSSR count). The number of amides is 2. The molecule has 0 saturated heterocycles. The Bertz CT molecular complexity index is 889. The third kappa shape index (κ3) is 5.32. The summed E-state index contributed by atoms with van der Waals surface area (Å²) in [7, 11) is 0. The molecule has 154 valence electrons. The maximum Gasteiger partial charge on any atom is 0.263 e. The van der Waals surface area contributed by atoms with Gasteiger partial charge in [0.25, 0.3) is 5.91 Å². The van der Waals surface area contributed by atoms with Crippen LogP contribution >= 0.6 is 11.6 Å². The Hall–Kier alpha value is -2.93. The predicted molar refractivity (Wildman–Crippen MR) is 110 cm³/mol. The number of nitrogens with one attached hydrogen (secondary N) is 1. The fraction of sp³-hybridized carbons (Fsp3) is 0.333. The average Bonchev–Trinajstić information content (AvgIpc) is 2.73. The molecule has 1 aliphatic heterocycles. The van der Waals surface area contributed by atoms with Gasteiger partial charge in [-0.05, 0) is 38.1 Å². The predicted octanol–water partition coefficient (Wildman–Crippen LogP) is 3.37. The number of likely N-dealkylation sites (N-methyl/N-ethyl adjacent to an activating group) is 1. The van der Waals surface area contributed by atoms with E-state index in [2.05, 4.69) is 5.32 Å². The van der Waals surface area contributed by atoms with Gasteiger partial charge >= 0.3 is 0 Å². The van der Waals surface area contributed by atoms with E-state index in [4.69, 9.17) is 25.8 Å². The Morgan fingerprint density at radius 3 is 2.62 bits per heavy atom. The van der Waals surface area contributed by atoms with Crippen LogP contribution in [0.25, 0.3) is 0 Å². The Kier molecular flexibility index (Phi) is 6.82. The molecule has 2 amide bonds. The van der Waals surface area contributed by atoms with Crippen LogP contribution in [0.1, 0.15) is 13.8 Å². The molecule has 1 atom stereocenters. The zero-order valence-corrected chi connectivity index (χ0v) is 17.1. The summed E-state index contributed by atoms with van der Waals surface area (Å²) in [6, 6.07) is 12.1. The van der Waals surface area contributed by atoms with Crippen LogP contribution in [0.2, 0.25) is 5.02 Å². The van der Waals surface area contributed by atoms with Crippen molar-refractivity contribution in [2.45, 2.75) is 20.0 Å². The van der Waals surface area contributed by atoms with Gasteiger partial charge in [0.2, 0.25) is 5.91 Å². The highest BCUT2D eigenvalue weighted by Crippen LogP contribution is 2.32. The van der Waals surface area contributed by atoms with Gasteiger partial charge in [-0.2, -0.15) is 0 Å². The third-order valence-corrected chi connectivity index (χ3v) is 4.65. The molecule has 0 fully saturated rings. The quantitative estimate of drug-likeness (QED) is 0.746. The first-order valence-electron chi connectivity index (χ1n) is 9.37. The molecule has 0 spiro atoms. The van der Waals surface area contributed by atoms with E-state index in [1.807, 2.05) is 0 Å². The molecule has 8 heteroatoms. The Labute approximate surface area is 174 Å². The van der Waals surface area contributed by atoms with Gasteiger partial charge in [0.1, 0.15) is 19.0 Å². The highest BCUT2D eigenvalue weighted by molar-refractivity contribution is 6.32. The van der Waals surface area contributed by atoms with Crippen molar-refractivity contribution in [3.63, 3.8) is 0 Å². The van der Waals surface area contributed by atoms with Crippen LogP contribution in [0.3, 0.4) is 0 Å². The van der Waals surface area contributed by atoms with E-state index in [1.165, 1.54) is 4.90 Å². The summed E-state index contributed by atoms with van der Waals surface area (Å²) in [6.45, 7) is 4.67. The van der Waals surface area contributed by atoms with Gasteiger partial charge in [0.05, 0.1) is 11.6 Å². The van der Waals surface area contributed by atoms with Crippen LogP contribution in [0, 0.1) is 0 Å². The Balaban J connectivity index is 1.59.